The van der Waals surface area contributed by atoms with Crippen LogP contribution >= 0.6 is 17.0 Å². The number of carboxylic acid groups (broad SMARTS) is 1. The van der Waals surface area contributed by atoms with Crippen molar-refractivity contribution in [3.05, 3.63) is 54.6 Å². The Morgan fingerprint density at radius 2 is 1.95 bits per heavy atom. The van der Waals surface area contributed by atoms with E-state index in [0.29, 0.717) is 32.4 Å². The van der Waals surface area contributed by atoms with Gasteiger partial charge in [-0.3, -0.25) is 9.69 Å². The molecule has 0 fully saturated rings. The lowest BCUT2D eigenvalue weighted by molar-refractivity contribution is -0.152. The number of hydrogen-bond donors (Lipinski definition) is 2. The Hall–Kier alpha value is -1.59. The molecule has 1 aliphatic carbocycles. The number of rotatable bonds is 6. The summed E-state index contributed by atoms with van der Waals surface area (Å²) in [6, 6.07) is 5.31. The third kappa shape index (κ3) is 3.25. The molecule has 0 heterocycles. The molecule has 0 amide bonds. The molecule has 2 rings (SSSR count). The Kier molecular flexibility index (Phi) is 6.38. The lowest BCUT2D eigenvalue weighted by Crippen LogP contribution is -2.58. The summed E-state index contributed by atoms with van der Waals surface area (Å²) in [5.41, 5.74) is 0.803. The van der Waals surface area contributed by atoms with E-state index in [4.69, 9.17) is 0 Å². The number of aliphatic carboxylic acids is 1. The van der Waals surface area contributed by atoms with E-state index >= 15 is 0 Å². The number of carboxylic acids is 1. The molecule has 0 saturated carbocycles. The molecule has 0 radical (unpaired) electrons. The van der Waals surface area contributed by atoms with Crippen molar-refractivity contribution in [3.63, 3.8) is 0 Å². The Morgan fingerprint density at radius 1 is 1.32 bits per heavy atom. The van der Waals surface area contributed by atoms with E-state index in [2.05, 4.69) is 13.2 Å². The fraction of sp³-hybridized carbons (Fsp3) is 0.353. The highest BCUT2D eigenvalue weighted by atomic mass is 79.9. The minimum absolute atomic E-state index is 0. The third-order valence-electron chi connectivity index (χ3n) is 4.22. The fourth-order valence-corrected chi connectivity index (χ4v) is 3.13. The van der Waals surface area contributed by atoms with E-state index in [-0.39, 0.29) is 22.7 Å². The standard InChI is InChI=1S/C17H21NO3.BrH/c1-3-10-18(11-4-2)17(16(20)21)9-8-14-13(12-17)6-5-7-15(14)19;/h3-7,19H,1-2,8-12H2,(H,20,21);1H. The van der Waals surface area contributed by atoms with Crippen LogP contribution in [0.4, 0.5) is 0 Å². The number of phenols is 1. The van der Waals surface area contributed by atoms with Crippen molar-refractivity contribution in [1.82, 2.24) is 4.90 Å². The van der Waals surface area contributed by atoms with Crippen molar-refractivity contribution in [2.45, 2.75) is 24.8 Å². The number of aromatic hydroxyl groups is 1. The van der Waals surface area contributed by atoms with Crippen LogP contribution in [0.3, 0.4) is 0 Å². The second-order valence-electron chi connectivity index (χ2n) is 5.41. The van der Waals surface area contributed by atoms with Gasteiger partial charge in [-0.2, -0.15) is 0 Å². The van der Waals surface area contributed by atoms with Crippen LogP contribution in [-0.4, -0.2) is 39.7 Å². The first kappa shape index (κ1) is 18.5. The van der Waals surface area contributed by atoms with Crippen molar-refractivity contribution in [1.29, 1.82) is 0 Å². The number of hydrogen-bond acceptors (Lipinski definition) is 3. The molecule has 120 valence electrons. The molecular formula is C17H22BrNO3. The molecule has 0 spiro atoms. The molecule has 4 nitrogen and oxygen atoms in total. The van der Waals surface area contributed by atoms with Gasteiger partial charge in [-0.1, -0.05) is 24.3 Å². The van der Waals surface area contributed by atoms with Gasteiger partial charge in [0.05, 0.1) is 0 Å². The lowest BCUT2D eigenvalue weighted by atomic mass is 9.76. The van der Waals surface area contributed by atoms with E-state index in [0.717, 1.165) is 11.1 Å². The minimum atomic E-state index is -0.969. The average molecular weight is 368 g/mol. The maximum absolute atomic E-state index is 12.0. The highest BCUT2D eigenvalue weighted by Gasteiger charge is 2.46. The van der Waals surface area contributed by atoms with Gasteiger partial charge < -0.3 is 10.2 Å². The van der Waals surface area contributed by atoms with E-state index < -0.39 is 11.5 Å². The van der Waals surface area contributed by atoms with Crippen LogP contribution in [0.15, 0.2) is 43.5 Å². The zero-order valence-corrected chi connectivity index (χ0v) is 14.2. The molecule has 1 unspecified atom stereocenters. The molecule has 1 aromatic rings. The van der Waals surface area contributed by atoms with Gasteiger partial charge in [0.1, 0.15) is 11.3 Å². The van der Waals surface area contributed by atoms with Crippen molar-refractivity contribution in [3.8, 4) is 5.75 Å². The number of fused-ring (bicyclic) bond motifs is 1. The summed E-state index contributed by atoms with van der Waals surface area (Å²) >= 11 is 0. The highest BCUT2D eigenvalue weighted by Crippen LogP contribution is 2.37. The molecule has 0 saturated heterocycles. The van der Waals surface area contributed by atoms with Crippen LogP contribution in [0.25, 0.3) is 0 Å². The molecule has 0 aromatic heterocycles. The van der Waals surface area contributed by atoms with Crippen LogP contribution < -0.4 is 0 Å². The SMILES string of the molecule is Br.C=CCN(CC=C)C1(C(=O)O)CCc2c(O)cccc2C1. The Labute approximate surface area is 141 Å². The Balaban J connectivity index is 0.00000242. The van der Waals surface area contributed by atoms with Crippen molar-refractivity contribution < 1.29 is 15.0 Å². The molecule has 1 atom stereocenters. The van der Waals surface area contributed by atoms with Gasteiger partial charge >= 0.3 is 5.97 Å². The quantitative estimate of drug-likeness (QED) is 0.758. The summed E-state index contributed by atoms with van der Waals surface area (Å²) in [6.45, 7) is 8.42. The second-order valence-corrected chi connectivity index (χ2v) is 5.41. The van der Waals surface area contributed by atoms with Crippen molar-refractivity contribution in [2.75, 3.05) is 13.1 Å². The number of benzene rings is 1. The van der Waals surface area contributed by atoms with Crippen LogP contribution in [0, 0.1) is 0 Å². The first-order valence-electron chi connectivity index (χ1n) is 7.05. The fourth-order valence-electron chi connectivity index (χ4n) is 3.13. The molecule has 0 aliphatic heterocycles. The molecule has 2 N–H and O–H groups in total. The molecule has 5 heteroatoms. The molecule has 1 aromatic carbocycles. The highest BCUT2D eigenvalue weighted by molar-refractivity contribution is 8.93. The summed E-state index contributed by atoms with van der Waals surface area (Å²) < 4.78 is 0. The zero-order valence-electron chi connectivity index (χ0n) is 12.5. The summed E-state index contributed by atoms with van der Waals surface area (Å²) in [5, 5.41) is 19.8. The van der Waals surface area contributed by atoms with E-state index in [9.17, 15) is 15.0 Å². The minimum Gasteiger partial charge on any atom is -0.508 e. The Morgan fingerprint density at radius 3 is 2.50 bits per heavy atom. The lowest BCUT2D eigenvalue weighted by Gasteiger charge is -2.43. The van der Waals surface area contributed by atoms with Gasteiger partial charge in [-0.05, 0) is 30.0 Å². The maximum atomic E-state index is 12.0. The van der Waals surface area contributed by atoms with Crippen LogP contribution in [0.5, 0.6) is 5.75 Å². The maximum Gasteiger partial charge on any atom is 0.324 e. The van der Waals surface area contributed by atoms with Crippen LogP contribution in [0.2, 0.25) is 0 Å². The van der Waals surface area contributed by atoms with Gasteiger partial charge in [0.25, 0.3) is 0 Å². The monoisotopic (exact) mass is 367 g/mol. The van der Waals surface area contributed by atoms with E-state index in [1.807, 2.05) is 11.0 Å². The molecule has 22 heavy (non-hydrogen) atoms. The van der Waals surface area contributed by atoms with Gasteiger partial charge in [0, 0.05) is 19.5 Å². The second kappa shape index (κ2) is 7.61. The summed E-state index contributed by atoms with van der Waals surface area (Å²) in [5.74, 6) is -0.578. The van der Waals surface area contributed by atoms with Gasteiger partial charge in [-0.25, -0.2) is 0 Å². The van der Waals surface area contributed by atoms with Gasteiger partial charge in [0.15, 0.2) is 0 Å². The van der Waals surface area contributed by atoms with Crippen LogP contribution in [0.1, 0.15) is 17.5 Å². The summed E-state index contributed by atoms with van der Waals surface area (Å²) in [4.78, 5) is 13.9. The normalized spacial score (nSPS) is 19.9. The first-order valence-corrected chi connectivity index (χ1v) is 7.05. The van der Waals surface area contributed by atoms with Gasteiger partial charge in [0.2, 0.25) is 0 Å². The molecular weight excluding hydrogens is 346 g/mol. The smallest absolute Gasteiger partial charge is 0.324 e. The topological polar surface area (TPSA) is 60.8 Å². The number of halogens is 1. The summed E-state index contributed by atoms with van der Waals surface area (Å²) in [7, 11) is 0. The zero-order chi connectivity index (χ0) is 15.5. The number of nitrogens with zero attached hydrogens (tertiary/aromatic N) is 1. The predicted octanol–water partition coefficient (Wildman–Crippen LogP) is 2.96. The third-order valence-corrected chi connectivity index (χ3v) is 4.22. The van der Waals surface area contributed by atoms with Crippen molar-refractivity contribution in [2.24, 2.45) is 0 Å². The average Bonchev–Trinajstić information content (AvgIpc) is 2.46. The first-order chi connectivity index (χ1) is 10.0. The number of carbonyl (C=O) groups is 1. The summed E-state index contributed by atoms with van der Waals surface area (Å²) in [6.07, 6.45) is 4.83. The molecule has 1 aliphatic rings. The van der Waals surface area contributed by atoms with Crippen LogP contribution in [-0.2, 0) is 17.6 Å². The van der Waals surface area contributed by atoms with E-state index in [1.165, 1.54) is 0 Å². The predicted molar refractivity (Wildman–Crippen MR) is 92.8 cm³/mol. The van der Waals surface area contributed by atoms with E-state index in [1.54, 1.807) is 24.3 Å². The van der Waals surface area contributed by atoms with Crippen molar-refractivity contribution >= 4 is 23.0 Å². The molecule has 0 bridgehead atoms. The Bertz CT molecular complexity index is 563. The largest absolute Gasteiger partial charge is 0.508 e. The number of phenolic OH excluding ortho intramolecular Hbond substituents is 1. The van der Waals surface area contributed by atoms with Gasteiger partial charge in [-0.15, -0.1) is 30.1 Å².